The number of alkyl halides is 4. The third-order valence-electron chi connectivity index (χ3n) is 8.64. The van der Waals surface area contributed by atoms with Gasteiger partial charge in [-0.25, -0.2) is 9.18 Å². The Morgan fingerprint density at radius 2 is 1.82 bits per heavy atom. The number of fused-ring (bicyclic) bond motifs is 1. The molecule has 1 saturated heterocycles. The molecule has 0 N–H and O–H groups in total. The van der Waals surface area contributed by atoms with Crippen LogP contribution in [0.15, 0.2) is 53.8 Å². The summed E-state index contributed by atoms with van der Waals surface area (Å²) in [4.78, 5) is 15.5. The van der Waals surface area contributed by atoms with Crippen molar-refractivity contribution < 1.29 is 17.6 Å². The van der Waals surface area contributed by atoms with E-state index in [1.807, 2.05) is 34.7 Å². The van der Waals surface area contributed by atoms with Crippen LogP contribution in [0.5, 0.6) is 0 Å². The minimum Gasteiger partial charge on any atom is -0.320 e. The van der Waals surface area contributed by atoms with Crippen molar-refractivity contribution in [2.75, 3.05) is 13.1 Å². The Morgan fingerprint density at radius 3 is 2.45 bits per heavy atom. The zero-order valence-electron chi connectivity index (χ0n) is 22.7. The van der Waals surface area contributed by atoms with E-state index < -0.39 is 23.1 Å². The summed E-state index contributed by atoms with van der Waals surface area (Å²) in [7, 11) is 1.89. The van der Waals surface area contributed by atoms with Gasteiger partial charge in [0.25, 0.3) is 0 Å². The van der Waals surface area contributed by atoms with Crippen LogP contribution in [0.2, 0.25) is 0 Å². The maximum absolute atomic E-state index is 14.2. The molecule has 0 unspecified atom stereocenters. The standard InChI is InChI=1S/C29H32F4N6O/c1-19-13-28(14-19,25-35-34-18-36(25)3)21-5-4-6-22(12-21)38-17-24-23(29(31,32)33)11-20(16-39(24)26(38)40)15-37-9-7-27(2,30)8-10-37/h4-6,11-12,16-19H,7-10,13-15H2,1-3H3/t19-,28+. The van der Waals surface area contributed by atoms with Crippen molar-refractivity contribution in [3.8, 4) is 5.69 Å². The lowest BCUT2D eigenvalue weighted by atomic mass is 9.58. The molecular weight excluding hydrogens is 524 g/mol. The second-order valence-electron chi connectivity index (χ2n) is 11.9. The van der Waals surface area contributed by atoms with Crippen LogP contribution >= 0.6 is 0 Å². The first-order chi connectivity index (χ1) is 18.9. The maximum Gasteiger partial charge on any atom is 0.418 e. The van der Waals surface area contributed by atoms with E-state index in [1.165, 1.54) is 17.0 Å². The number of rotatable bonds is 5. The molecule has 4 heterocycles. The van der Waals surface area contributed by atoms with Crippen molar-refractivity contribution in [3.63, 3.8) is 0 Å². The molecule has 2 fully saturated rings. The summed E-state index contributed by atoms with van der Waals surface area (Å²) in [5.74, 6) is 1.30. The van der Waals surface area contributed by atoms with E-state index in [2.05, 4.69) is 17.1 Å². The van der Waals surface area contributed by atoms with Crippen molar-refractivity contribution >= 4 is 5.52 Å². The summed E-state index contributed by atoms with van der Waals surface area (Å²) in [5.41, 5.74) is -1.50. The van der Waals surface area contributed by atoms with E-state index in [0.717, 1.165) is 34.7 Å². The molecular formula is C29H32F4N6O. The summed E-state index contributed by atoms with van der Waals surface area (Å²) in [6, 6.07) is 8.51. The van der Waals surface area contributed by atoms with Crippen LogP contribution in [-0.2, 0) is 25.2 Å². The van der Waals surface area contributed by atoms with Crippen LogP contribution in [0.4, 0.5) is 17.6 Å². The number of aryl methyl sites for hydroxylation is 1. The molecule has 0 spiro atoms. The Morgan fingerprint density at radius 1 is 1.10 bits per heavy atom. The van der Waals surface area contributed by atoms with Crippen molar-refractivity contribution in [2.45, 2.75) is 63.3 Å². The lowest BCUT2D eigenvalue weighted by Gasteiger charge is -2.46. The topological polar surface area (TPSA) is 60.4 Å². The molecule has 1 aliphatic heterocycles. The lowest BCUT2D eigenvalue weighted by Crippen LogP contribution is -2.43. The highest BCUT2D eigenvalue weighted by Gasteiger charge is 2.48. The van der Waals surface area contributed by atoms with Gasteiger partial charge in [0.1, 0.15) is 17.8 Å². The number of hydrogen-bond donors (Lipinski definition) is 0. The molecule has 0 radical (unpaired) electrons. The largest absolute Gasteiger partial charge is 0.418 e. The Kier molecular flexibility index (Phi) is 6.21. The summed E-state index contributed by atoms with van der Waals surface area (Å²) in [5, 5.41) is 8.43. The quantitative estimate of drug-likeness (QED) is 0.314. The molecule has 11 heteroatoms. The van der Waals surface area contributed by atoms with Gasteiger partial charge in [-0.05, 0) is 67.9 Å². The molecule has 0 bridgehead atoms. The smallest absolute Gasteiger partial charge is 0.320 e. The van der Waals surface area contributed by atoms with Crippen molar-refractivity contribution in [1.29, 1.82) is 0 Å². The van der Waals surface area contributed by atoms with Crippen molar-refractivity contribution in [1.82, 2.24) is 28.6 Å². The first-order valence-corrected chi connectivity index (χ1v) is 13.6. The molecule has 1 aromatic carbocycles. The fourth-order valence-electron chi connectivity index (χ4n) is 6.53. The van der Waals surface area contributed by atoms with Crippen LogP contribution in [0.3, 0.4) is 0 Å². The van der Waals surface area contributed by atoms with Gasteiger partial charge in [-0.1, -0.05) is 19.1 Å². The highest BCUT2D eigenvalue weighted by molar-refractivity contribution is 5.58. The second-order valence-corrected chi connectivity index (χ2v) is 11.9. The monoisotopic (exact) mass is 556 g/mol. The minimum absolute atomic E-state index is 0.207. The average molecular weight is 557 g/mol. The first kappa shape index (κ1) is 26.7. The maximum atomic E-state index is 14.2. The number of imidazole rings is 1. The van der Waals surface area contributed by atoms with Gasteiger partial charge in [-0.3, -0.25) is 13.9 Å². The second kappa shape index (κ2) is 9.29. The fourth-order valence-corrected chi connectivity index (χ4v) is 6.53. The number of benzene rings is 1. The number of likely N-dealkylation sites (tertiary alicyclic amines) is 1. The Hall–Kier alpha value is -3.47. The molecule has 6 rings (SSSR count). The van der Waals surface area contributed by atoms with Crippen LogP contribution in [-0.4, -0.2) is 47.4 Å². The first-order valence-electron chi connectivity index (χ1n) is 13.6. The van der Waals surface area contributed by atoms with Gasteiger partial charge in [0.2, 0.25) is 0 Å². The predicted molar refractivity (Wildman–Crippen MR) is 142 cm³/mol. The SMILES string of the molecule is Cn1cnnc1[C@]1(c2cccc(-n3cc4c(C(F)(F)F)cc(CN5CCC(C)(F)CC5)cn4c3=O)c2)C[C@H](C)C1. The van der Waals surface area contributed by atoms with Gasteiger partial charge in [0.15, 0.2) is 0 Å². The van der Waals surface area contributed by atoms with E-state index in [0.29, 0.717) is 43.1 Å². The molecule has 7 nitrogen and oxygen atoms in total. The highest BCUT2D eigenvalue weighted by Crippen LogP contribution is 2.51. The van der Waals surface area contributed by atoms with E-state index in [1.54, 1.807) is 19.3 Å². The summed E-state index contributed by atoms with van der Waals surface area (Å²) in [6.07, 6.45) is 2.10. The van der Waals surface area contributed by atoms with Gasteiger partial charge in [-0.2, -0.15) is 13.2 Å². The minimum atomic E-state index is -4.65. The van der Waals surface area contributed by atoms with Crippen LogP contribution in [0, 0.1) is 5.92 Å². The van der Waals surface area contributed by atoms with Crippen LogP contribution < -0.4 is 5.69 Å². The van der Waals surface area contributed by atoms with E-state index in [9.17, 15) is 22.4 Å². The van der Waals surface area contributed by atoms with Gasteiger partial charge >= 0.3 is 11.9 Å². The van der Waals surface area contributed by atoms with E-state index in [-0.39, 0.29) is 17.5 Å². The Balaban J connectivity index is 1.41. The number of nitrogens with zero attached hydrogens (tertiary/aromatic N) is 6. The van der Waals surface area contributed by atoms with Crippen molar-refractivity contribution in [2.24, 2.45) is 13.0 Å². The Labute approximate surface area is 229 Å². The highest BCUT2D eigenvalue weighted by atomic mass is 19.4. The average Bonchev–Trinajstić information content (AvgIpc) is 3.45. The molecule has 40 heavy (non-hydrogen) atoms. The zero-order valence-corrected chi connectivity index (χ0v) is 22.7. The fraction of sp³-hybridized carbons (Fsp3) is 0.483. The number of aromatic nitrogens is 5. The third kappa shape index (κ3) is 4.53. The third-order valence-corrected chi connectivity index (χ3v) is 8.64. The number of halogens is 4. The molecule has 0 atom stereocenters. The molecule has 2 aliphatic rings. The molecule has 3 aromatic heterocycles. The molecule has 0 amide bonds. The molecule has 212 valence electrons. The van der Waals surface area contributed by atoms with Gasteiger partial charge < -0.3 is 4.57 Å². The molecule has 4 aromatic rings. The normalized spacial score (nSPS) is 23.4. The summed E-state index contributed by atoms with van der Waals surface area (Å²) < 4.78 is 61.2. The Bertz CT molecular complexity index is 1620. The lowest BCUT2D eigenvalue weighted by molar-refractivity contribution is -0.136. The van der Waals surface area contributed by atoms with Crippen LogP contribution in [0.1, 0.15) is 62.0 Å². The van der Waals surface area contributed by atoms with E-state index >= 15 is 0 Å². The predicted octanol–water partition coefficient (Wildman–Crippen LogP) is 5.28. The van der Waals surface area contributed by atoms with Gasteiger partial charge in [0.05, 0.1) is 22.2 Å². The zero-order chi connectivity index (χ0) is 28.4. The van der Waals surface area contributed by atoms with E-state index in [4.69, 9.17) is 0 Å². The molecule has 1 aliphatic carbocycles. The van der Waals surface area contributed by atoms with Crippen molar-refractivity contribution in [3.05, 3.63) is 82.1 Å². The molecule has 1 saturated carbocycles. The van der Waals surface area contributed by atoms with Gasteiger partial charge in [-0.15, -0.1) is 10.2 Å². The summed E-state index contributed by atoms with van der Waals surface area (Å²) >= 11 is 0. The summed E-state index contributed by atoms with van der Waals surface area (Å²) in [6.45, 7) is 4.82. The number of piperidine rings is 1. The number of hydrogen-bond acceptors (Lipinski definition) is 4. The van der Waals surface area contributed by atoms with Gasteiger partial charge in [0, 0.05) is 39.1 Å². The van der Waals surface area contributed by atoms with Crippen LogP contribution in [0.25, 0.3) is 11.2 Å². The number of pyridine rings is 1.